The highest BCUT2D eigenvalue weighted by molar-refractivity contribution is 8.00. The fraction of sp³-hybridized carbons (Fsp3) is 0.455. The number of aromatic nitrogens is 4. The molecule has 1 aliphatic heterocycles. The Bertz CT molecular complexity index is 1300. The van der Waals surface area contributed by atoms with Gasteiger partial charge in [-0.1, -0.05) is 12.1 Å². The van der Waals surface area contributed by atoms with Crippen LogP contribution < -0.4 is 0 Å². The van der Waals surface area contributed by atoms with E-state index < -0.39 is 15.8 Å². The summed E-state index contributed by atoms with van der Waals surface area (Å²) in [6.07, 6.45) is 6.68. The van der Waals surface area contributed by atoms with Crippen LogP contribution >= 0.6 is 11.8 Å². The third-order valence-corrected chi connectivity index (χ3v) is 8.68. The maximum Gasteiger partial charge on any atom is 0.409 e. The third kappa shape index (κ3) is 4.74. The van der Waals surface area contributed by atoms with Crippen molar-refractivity contribution in [3.05, 3.63) is 36.8 Å². The molecule has 5 rings (SSSR count). The molecule has 3 heterocycles. The van der Waals surface area contributed by atoms with E-state index in [4.69, 9.17) is 4.74 Å². The van der Waals surface area contributed by atoms with Crippen LogP contribution in [-0.4, -0.2) is 70.1 Å². The number of carbonyl (C=O) groups excluding carboxylic acids is 1. The fourth-order valence-electron chi connectivity index (χ4n) is 3.93. The molecule has 0 atom stereocenters. The number of hydrogen-bond donors (Lipinski definition) is 0. The van der Waals surface area contributed by atoms with Gasteiger partial charge in [0.2, 0.25) is 9.84 Å². The number of likely N-dealkylation sites (tertiary alicyclic amines) is 1. The number of amides is 1. The number of piperidine rings is 1. The van der Waals surface area contributed by atoms with Gasteiger partial charge < -0.3 is 9.64 Å². The molecule has 180 valence electrons. The third-order valence-electron chi connectivity index (χ3n) is 6.02. The van der Waals surface area contributed by atoms with Crippen molar-refractivity contribution in [2.24, 2.45) is 5.92 Å². The van der Waals surface area contributed by atoms with Gasteiger partial charge in [0.1, 0.15) is 11.4 Å². The second kappa shape index (κ2) is 9.49. The average molecular weight is 506 g/mol. The van der Waals surface area contributed by atoms with Gasteiger partial charge in [0, 0.05) is 18.3 Å². The van der Waals surface area contributed by atoms with E-state index in [0.29, 0.717) is 36.6 Å². The first kappa shape index (κ1) is 23.0. The van der Waals surface area contributed by atoms with Gasteiger partial charge in [0.05, 0.1) is 28.8 Å². The van der Waals surface area contributed by atoms with E-state index in [1.165, 1.54) is 17.1 Å². The monoisotopic (exact) mass is 505 g/mol. The van der Waals surface area contributed by atoms with Crippen molar-refractivity contribution >= 4 is 38.7 Å². The first-order valence-electron chi connectivity index (χ1n) is 11.1. The summed E-state index contributed by atoms with van der Waals surface area (Å²) >= 11 is 1.60. The molecule has 2 aliphatic rings. The molecule has 2 aromatic heterocycles. The number of thioether (sulfide) groups is 1. The molecular weight excluding hydrogens is 481 g/mol. The number of fused-ring (bicyclic) bond motifs is 1. The Morgan fingerprint density at radius 3 is 2.65 bits per heavy atom. The van der Waals surface area contributed by atoms with Crippen LogP contribution in [0.25, 0.3) is 16.7 Å². The van der Waals surface area contributed by atoms with Crippen molar-refractivity contribution in [2.45, 2.75) is 40.9 Å². The highest BCUT2D eigenvalue weighted by atomic mass is 32.2. The van der Waals surface area contributed by atoms with Gasteiger partial charge in [-0.05, 0) is 43.7 Å². The van der Waals surface area contributed by atoms with E-state index >= 15 is 0 Å². The number of alkyl halides is 1. The van der Waals surface area contributed by atoms with Crippen molar-refractivity contribution in [1.82, 2.24) is 24.6 Å². The average Bonchev–Trinajstić information content (AvgIpc) is 3.59. The van der Waals surface area contributed by atoms with Crippen LogP contribution in [0.2, 0.25) is 0 Å². The van der Waals surface area contributed by atoms with Crippen LogP contribution in [0.1, 0.15) is 25.7 Å². The van der Waals surface area contributed by atoms with Crippen molar-refractivity contribution in [1.29, 1.82) is 0 Å². The molecule has 0 spiro atoms. The minimum absolute atomic E-state index is 0.142. The first-order chi connectivity index (χ1) is 16.5. The summed E-state index contributed by atoms with van der Waals surface area (Å²) in [5, 5.41) is 6.02. The molecule has 0 bridgehead atoms. The lowest BCUT2D eigenvalue weighted by atomic mass is 10.1. The Hall–Kier alpha value is -2.73. The fourth-order valence-corrected chi connectivity index (χ4v) is 5.94. The maximum absolute atomic E-state index is 13.2. The van der Waals surface area contributed by atoms with Crippen LogP contribution in [0.5, 0.6) is 0 Å². The molecule has 1 saturated carbocycles. The number of halogens is 1. The first-order valence-corrected chi connectivity index (χ1v) is 13.6. The van der Waals surface area contributed by atoms with E-state index in [0.717, 1.165) is 30.7 Å². The van der Waals surface area contributed by atoms with E-state index in [1.54, 1.807) is 41.1 Å². The summed E-state index contributed by atoms with van der Waals surface area (Å²) in [4.78, 5) is 22.6. The van der Waals surface area contributed by atoms with E-state index in [-0.39, 0.29) is 21.9 Å². The van der Waals surface area contributed by atoms with E-state index in [9.17, 15) is 17.6 Å². The number of rotatable bonds is 7. The number of benzene rings is 1. The normalized spacial score (nSPS) is 17.3. The highest BCUT2D eigenvalue weighted by Crippen LogP contribution is 2.34. The zero-order valence-corrected chi connectivity index (χ0v) is 20.0. The summed E-state index contributed by atoms with van der Waals surface area (Å²) in [6.45, 7) is 1.78. The molecule has 0 unspecified atom stereocenters. The van der Waals surface area contributed by atoms with Crippen molar-refractivity contribution in [3.63, 3.8) is 0 Å². The Balaban J connectivity index is 1.32. The number of sulfone groups is 1. The number of ether oxygens (including phenoxy) is 1. The van der Waals surface area contributed by atoms with Crippen LogP contribution in [-0.2, 0) is 14.6 Å². The van der Waals surface area contributed by atoms with Crippen LogP contribution in [0.15, 0.2) is 46.7 Å². The Labute approximate surface area is 200 Å². The SMILES string of the molecule is O=C(OCC1CC1)N1CCC(Sc2ncnc3c2cnn3-c2ccccc2S(=O)(=O)CF)CC1. The van der Waals surface area contributed by atoms with Crippen molar-refractivity contribution in [2.75, 3.05) is 25.7 Å². The van der Waals surface area contributed by atoms with E-state index in [2.05, 4.69) is 15.1 Å². The molecular formula is C22H24FN5O4S2. The topological polar surface area (TPSA) is 107 Å². The standard InChI is InChI=1S/C22H24FN5O4S2/c23-13-34(30,31)19-4-2-1-3-18(19)28-20-17(11-26-28)21(25-14-24-20)33-16-7-9-27(10-8-16)22(29)32-12-15-5-6-15/h1-4,11,14-16H,5-10,12-13H2. The Kier molecular flexibility index (Phi) is 6.43. The summed E-state index contributed by atoms with van der Waals surface area (Å²) in [5.41, 5.74) is 0.683. The summed E-state index contributed by atoms with van der Waals surface area (Å²) in [5.74, 6) is 0.544. The summed E-state index contributed by atoms with van der Waals surface area (Å²) in [7, 11) is -4.09. The van der Waals surface area contributed by atoms with Gasteiger partial charge in [-0.2, -0.15) is 5.10 Å². The Morgan fingerprint density at radius 2 is 1.91 bits per heavy atom. The quantitative estimate of drug-likeness (QED) is 0.448. The molecule has 12 heteroatoms. The van der Waals surface area contributed by atoms with Crippen molar-refractivity contribution in [3.8, 4) is 5.69 Å². The minimum Gasteiger partial charge on any atom is -0.449 e. The second-order valence-electron chi connectivity index (χ2n) is 8.49. The number of nitrogens with zero attached hydrogens (tertiary/aromatic N) is 5. The number of carbonyl (C=O) groups is 1. The van der Waals surface area contributed by atoms with Crippen LogP contribution in [0.4, 0.5) is 9.18 Å². The van der Waals surface area contributed by atoms with E-state index in [1.807, 2.05) is 0 Å². The lowest BCUT2D eigenvalue weighted by Gasteiger charge is -2.30. The van der Waals surface area contributed by atoms with Gasteiger partial charge in [-0.15, -0.1) is 11.8 Å². The zero-order valence-electron chi connectivity index (χ0n) is 18.3. The van der Waals surface area contributed by atoms with Gasteiger partial charge in [-0.3, -0.25) is 0 Å². The van der Waals surface area contributed by atoms with Crippen molar-refractivity contribution < 1.29 is 22.3 Å². The predicted molar refractivity (Wildman–Crippen MR) is 124 cm³/mol. The van der Waals surface area contributed by atoms with Crippen LogP contribution in [0, 0.1) is 5.92 Å². The summed E-state index contributed by atoms with van der Waals surface area (Å²) in [6, 6.07) is 4.65. The maximum atomic E-state index is 13.2. The van der Waals surface area contributed by atoms with Crippen LogP contribution in [0.3, 0.4) is 0 Å². The second-order valence-corrected chi connectivity index (χ2v) is 11.7. The number of hydrogen-bond acceptors (Lipinski definition) is 8. The minimum atomic E-state index is -4.09. The lowest BCUT2D eigenvalue weighted by molar-refractivity contribution is 0.0920. The molecule has 3 aromatic rings. The smallest absolute Gasteiger partial charge is 0.409 e. The molecule has 34 heavy (non-hydrogen) atoms. The predicted octanol–water partition coefficient (Wildman–Crippen LogP) is 3.62. The van der Waals surface area contributed by atoms with Gasteiger partial charge >= 0.3 is 6.09 Å². The zero-order chi connectivity index (χ0) is 23.7. The summed E-state index contributed by atoms with van der Waals surface area (Å²) < 4.78 is 44.5. The molecule has 9 nitrogen and oxygen atoms in total. The highest BCUT2D eigenvalue weighted by Gasteiger charge is 2.28. The number of para-hydroxylation sites is 1. The molecule has 0 radical (unpaired) electrons. The molecule has 2 fully saturated rings. The molecule has 1 amide bonds. The molecule has 1 aliphatic carbocycles. The molecule has 1 aromatic carbocycles. The van der Waals surface area contributed by atoms with Gasteiger partial charge in [0.25, 0.3) is 0 Å². The largest absolute Gasteiger partial charge is 0.449 e. The Morgan fingerprint density at radius 1 is 1.15 bits per heavy atom. The van der Waals surface area contributed by atoms with Gasteiger partial charge in [-0.25, -0.2) is 32.3 Å². The molecule has 0 N–H and O–H groups in total. The molecule has 1 saturated heterocycles. The lowest BCUT2D eigenvalue weighted by Crippen LogP contribution is -2.39. The van der Waals surface area contributed by atoms with Gasteiger partial charge in [0.15, 0.2) is 11.7 Å².